The number of aromatic nitrogens is 4. The van der Waals surface area contributed by atoms with Crippen LogP contribution in [0.2, 0.25) is 10.0 Å². The summed E-state index contributed by atoms with van der Waals surface area (Å²) in [6.45, 7) is 0.310. The number of hydrogen-bond donors (Lipinski definition) is 1. The number of rotatable bonds is 3. The zero-order valence-electron chi connectivity index (χ0n) is 14.0. The maximum Gasteiger partial charge on any atom is 0.340 e. The molecule has 1 N–H and O–H groups in total. The van der Waals surface area contributed by atoms with Gasteiger partial charge in [-0.15, -0.1) is 0 Å². The Balaban J connectivity index is 1.82. The minimum atomic E-state index is -0.689. The van der Waals surface area contributed by atoms with Crippen molar-refractivity contribution in [2.24, 2.45) is 0 Å². The first-order valence-corrected chi connectivity index (χ1v) is 8.62. The molecule has 4 aromatic rings. The van der Waals surface area contributed by atoms with Gasteiger partial charge in [-0.1, -0.05) is 35.3 Å². The Labute approximate surface area is 162 Å². The van der Waals surface area contributed by atoms with Crippen LogP contribution in [0.25, 0.3) is 21.8 Å². The Morgan fingerprint density at radius 3 is 2.89 bits per heavy atom. The monoisotopic (exact) mass is 402 g/mol. The van der Waals surface area contributed by atoms with E-state index in [-0.39, 0.29) is 32.1 Å². The van der Waals surface area contributed by atoms with E-state index < -0.39 is 5.97 Å². The third kappa shape index (κ3) is 2.94. The highest BCUT2D eigenvalue weighted by Crippen LogP contribution is 2.31. The van der Waals surface area contributed by atoms with Crippen LogP contribution in [0.4, 0.5) is 0 Å². The third-order valence-electron chi connectivity index (χ3n) is 4.26. The second-order valence-corrected chi connectivity index (χ2v) is 6.69. The van der Waals surface area contributed by atoms with E-state index in [0.717, 1.165) is 16.5 Å². The van der Waals surface area contributed by atoms with Gasteiger partial charge in [0.2, 0.25) is 0 Å². The van der Waals surface area contributed by atoms with Gasteiger partial charge in [0, 0.05) is 5.39 Å². The molecule has 136 valence electrons. The van der Waals surface area contributed by atoms with Crippen molar-refractivity contribution >= 4 is 51.0 Å². The molecule has 0 aliphatic heterocycles. The molecule has 2 aromatic heterocycles. The van der Waals surface area contributed by atoms with Crippen LogP contribution in [0, 0.1) is 0 Å². The minimum absolute atomic E-state index is 0.00696. The summed E-state index contributed by atoms with van der Waals surface area (Å²) in [6, 6.07) is 7.14. The van der Waals surface area contributed by atoms with E-state index in [1.165, 1.54) is 24.1 Å². The zero-order chi connectivity index (χ0) is 19.1. The van der Waals surface area contributed by atoms with E-state index in [2.05, 4.69) is 19.9 Å². The van der Waals surface area contributed by atoms with Gasteiger partial charge in [0.15, 0.2) is 0 Å². The van der Waals surface area contributed by atoms with Gasteiger partial charge in [0.05, 0.1) is 58.2 Å². The number of benzene rings is 2. The average molecular weight is 403 g/mol. The van der Waals surface area contributed by atoms with Crippen molar-refractivity contribution in [3.8, 4) is 0 Å². The molecule has 9 heteroatoms. The molecule has 0 saturated heterocycles. The van der Waals surface area contributed by atoms with Crippen molar-refractivity contribution in [2.75, 3.05) is 7.11 Å². The molecule has 0 aliphatic rings. The van der Waals surface area contributed by atoms with Crippen LogP contribution in [0.1, 0.15) is 15.9 Å². The average Bonchev–Trinajstić information content (AvgIpc) is 3.12. The van der Waals surface area contributed by atoms with Crippen molar-refractivity contribution in [1.82, 2.24) is 19.7 Å². The third-order valence-corrected chi connectivity index (χ3v) is 4.92. The van der Waals surface area contributed by atoms with E-state index in [0.29, 0.717) is 6.54 Å². The predicted octanol–water partition coefficient (Wildman–Crippen LogP) is 3.41. The maximum atomic E-state index is 12.9. The molecule has 0 amide bonds. The number of ether oxygens (including phenoxy) is 1. The summed E-state index contributed by atoms with van der Waals surface area (Å²) >= 11 is 12.4. The molecule has 0 unspecified atom stereocenters. The highest BCUT2D eigenvalue weighted by atomic mass is 35.5. The van der Waals surface area contributed by atoms with E-state index in [1.54, 1.807) is 6.20 Å². The number of methoxy groups -OCH3 is 1. The summed E-state index contributed by atoms with van der Waals surface area (Å²) in [6.07, 6.45) is 3.12. The summed E-state index contributed by atoms with van der Waals surface area (Å²) in [4.78, 5) is 29.0. The molecule has 0 aliphatic carbocycles. The predicted molar refractivity (Wildman–Crippen MR) is 103 cm³/mol. The fourth-order valence-electron chi connectivity index (χ4n) is 2.91. The molecule has 2 heterocycles. The number of fused-ring (bicyclic) bond motifs is 2. The van der Waals surface area contributed by atoms with Gasteiger partial charge in [-0.2, -0.15) is 5.10 Å². The lowest BCUT2D eigenvalue weighted by Gasteiger charge is -2.10. The first-order valence-electron chi connectivity index (χ1n) is 7.87. The Kier molecular flexibility index (Phi) is 4.33. The number of esters is 1. The topological polar surface area (TPSA) is 89.9 Å². The molecule has 0 fully saturated rings. The first-order chi connectivity index (χ1) is 13.0. The Morgan fingerprint density at radius 1 is 1.30 bits per heavy atom. The number of hydrogen-bond acceptors (Lipinski definition) is 5. The quantitative estimate of drug-likeness (QED) is 0.530. The van der Waals surface area contributed by atoms with Gasteiger partial charge in [-0.3, -0.25) is 14.5 Å². The van der Waals surface area contributed by atoms with Crippen molar-refractivity contribution in [3.63, 3.8) is 0 Å². The van der Waals surface area contributed by atoms with Gasteiger partial charge >= 0.3 is 5.97 Å². The van der Waals surface area contributed by atoms with E-state index >= 15 is 0 Å². The van der Waals surface area contributed by atoms with Crippen molar-refractivity contribution in [3.05, 3.63) is 68.3 Å². The van der Waals surface area contributed by atoms with Gasteiger partial charge in [0.1, 0.15) is 0 Å². The van der Waals surface area contributed by atoms with Crippen LogP contribution < -0.4 is 5.56 Å². The molecule has 0 atom stereocenters. The molecule has 7 nitrogen and oxygen atoms in total. The molecule has 0 saturated carbocycles. The Bertz CT molecular complexity index is 1260. The van der Waals surface area contributed by atoms with Crippen LogP contribution >= 0.6 is 23.2 Å². The second kappa shape index (κ2) is 6.68. The Morgan fingerprint density at radius 2 is 2.11 bits per heavy atom. The maximum absolute atomic E-state index is 12.9. The SMILES string of the molecule is COC(=O)c1c(Cl)cc2c(=O)n(Cc3ccc4cn[nH]c4c3)cnc2c1Cl. The summed E-state index contributed by atoms with van der Waals surface area (Å²) in [5.74, 6) is -0.689. The lowest BCUT2D eigenvalue weighted by Crippen LogP contribution is -2.21. The fourth-order valence-corrected chi connectivity index (χ4v) is 3.57. The Hall–Kier alpha value is -2.90. The number of halogens is 2. The number of H-pyrrole nitrogens is 1. The molecule has 2 aromatic carbocycles. The zero-order valence-corrected chi connectivity index (χ0v) is 15.5. The molecule has 4 rings (SSSR count). The van der Waals surface area contributed by atoms with Crippen LogP contribution in [-0.4, -0.2) is 32.8 Å². The van der Waals surface area contributed by atoms with E-state index in [1.807, 2.05) is 18.2 Å². The van der Waals surface area contributed by atoms with Crippen LogP contribution in [0.15, 0.2) is 41.6 Å². The number of aromatic amines is 1. The largest absolute Gasteiger partial charge is 0.465 e. The molecule has 0 bridgehead atoms. The van der Waals surface area contributed by atoms with Gasteiger partial charge in [-0.25, -0.2) is 9.78 Å². The standard InChI is InChI=1S/C18H12Cl2N4O3/c1-27-18(26)14-12(19)5-11-16(15(14)20)21-8-24(17(11)25)7-9-2-3-10-6-22-23-13(10)4-9/h2-6,8H,7H2,1H3,(H,22,23). The second-order valence-electron chi connectivity index (χ2n) is 5.90. The van der Waals surface area contributed by atoms with E-state index in [4.69, 9.17) is 23.2 Å². The smallest absolute Gasteiger partial charge is 0.340 e. The van der Waals surface area contributed by atoms with E-state index in [9.17, 15) is 9.59 Å². The van der Waals surface area contributed by atoms with Crippen molar-refractivity contribution in [2.45, 2.75) is 6.54 Å². The van der Waals surface area contributed by atoms with Gasteiger partial charge in [0.25, 0.3) is 5.56 Å². The van der Waals surface area contributed by atoms with Crippen molar-refractivity contribution in [1.29, 1.82) is 0 Å². The highest BCUT2D eigenvalue weighted by molar-refractivity contribution is 6.42. The van der Waals surface area contributed by atoms with Crippen LogP contribution in [0.3, 0.4) is 0 Å². The van der Waals surface area contributed by atoms with Crippen LogP contribution in [-0.2, 0) is 11.3 Å². The number of carbonyl (C=O) groups is 1. The molecule has 27 heavy (non-hydrogen) atoms. The molecular formula is C18H12Cl2N4O3. The lowest BCUT2D eigenvalue weighted by atomic mass is 10.1. The first kappa shape index (κ1) is 17.5. The number of nitrogens with zero attached hydrogens (tertiary/aromatic N) is 3. The molecular weight excluding hydrogens is 391 g/mol. The van der Waals surface area contributed by atoms with Crippen molar-refractivity contribution < 1.29 is 9.53 Å². The summed E-state index contributed by atoms with van der Waals surface area (Å²) in [5.41, 5.74) is 1.65. The summed E-state index contributed by atoms with van der Waals surface area (Å²) in [5, 5.41) is 8.12. The summed E-state index contributed by atoms with van der Waals surface area (Å²) in [7, 11) is 1.22. The van der Waals surface area contributed by atoms with Gasteiger partial charge in [-0.05, 0) is 17.7 Å². The highest BCUT2D eigenvalue weighted by Gasteiger charge is 2.21. The van der Waals surface area contributed by atoms with Crippen LogP contribution in [0.5, 0.6) is 0 Å². The molecule has 0 spiro atoms. The fraction of sp³-hybridized carbons (Fsp3) is 0.111. The summed E-state index contributed by atoms with van der Waals surface area (Å²) < 4.78 is 6.13. The van der Waals surface area contributed by atoms with Gasteiger partial charge < -0.3 is 4.74 Å². The minimum Gasteiger partial charge on any atom is -0.465 e. The normalized spacial score (nSPS) is 11.2. The lowest BCUT2D eigenvalue weighted by molar-refractivity contribution is 0.0601. The number of carbonyl (C=O) groups excluding carboxylic acids is 1. The molecule has 0 radical (unpaired) electrons. The number of nitrogens with one attached hydrogen (secondary N) is 1.